The van der Waals surface area contributed by atoms with Crippen molar-refractivity contribution in [2.24, 2.45) is 5.92 Å². The molecular weight excluding hydrogens is 321 g/mol. The Labute approximate surface area is 128 Å². The molecule has 1 aliphatic rings. The van der Waals surface area contributed by atoms with Gasteiger partial charge in [0.05, 0.1) is 15.5 Å². The van der Waals surface area contributed by atoms with Gasteiger partial charge >= 0.3 is 0 Å². The zero-order valence-electron chi connectivity index (χ0n) is 11.0. The van der Waals surface area contributed by atoms with Crippen LogP contribution in [0.3, 0.4) is 0 Å². The molecule has 0 unspecified atom stereocenters. The van der Waals surface area contributed by atoms with E-state index in [4.69, 9.17) is 22.3 Å². The van der Waals surface area contributed by atoms with Gasteiger partial charge in [0.2, 0.25) is 0 Å². The monoisotopic (exact) mass is 335 g/mol. The zero-order valence-corrected chi connectivity index (χ0v) is 13.3. The molecule has 0 saturated heterocycles. The third-order valence-electron chi connectivity index (χ3n) is 3.30. The summed E-state index contributed by atoms with van der Waals surface area (Å²) in [4.78, 5) is 13.9. The van der Waals surface area contributed by atoms with Crippen molar-refractivity contribution in [3.63, 3.8) is 0 Å². The molecule has 1 amide bonds. The zero-order chi connectivity index (χ0) is 14.9. The summed E-state index contributed by atoms with van der Waals surface area (Å²) in [5.74, 6) is 0.127. The second-order valence-corrected chi connectivity index (χ2v) is 7.78. The molecule has 0 bridgehead atoms. The van der Waals surface area contributed by atoms with E-state index < -0.39 is 9.05 Å². The van der Waals surface area contributed by atoms with Crippen LogP contribution < -0.4 is 0 Å². The molecule has 1 saturated carbocycles. The highest BCUT2D eigenvalue weighted by atomic mass is 35.7. The molecule has 1 aromatic carbocycles. The van der Waals surface area contributed by atoms with Gasteiger partial charge in [0.1, 0.15) is 0 Å². The topological polar surface area (TPSA) is 54.5 Å². The first-order valence-electron chi connectivity index (χ1n) is 6.37. The number of nitrogens with zero attached hydrogens (tertiary/aromatic N) is 1. The third-order valence-corrected chi connectivity index (χ3v) is 4.98. The summed E-state index contributed by atoms with van der Waals surface area (Å²) < 4.78 is 23.2. The molecule has 1 aliphatic carbocycles. The lowest BCUT2D eigenvalue weighted by Gasteiger charge is -2.22. The van der Waals surface area contributed by atoms with E-state index >= 15 is 0 Å². The minimum Gasteiger partial charge on any atom is -0.339 e. The van der Waals surface area contributed by atoms with Gasteiger partial charge in [-0.3, -0.25) is 4.79 Å². The second-order valence-electron chi connectivity index (χ2n) is 4.84. The van der Waals surface area contributed by atoms with Crippen LogP contribution in [0.5, 0.6) is 0 Å². The highest BCUT2D eigenvalue weighted by molar-refractivity contribution is 8.13. The number of carbonyl (C=O) groups excluding carboxylic acids is 1. The van der Waals surface area contributed by atoms with Gasteiger partial charge in [0, 0.05) is 23.8 Å². The van der Waals surface area contributed by atoms with Crippen LogP contribution in [0.25, 0.3) is 0 Å². The van der Waals surface area contributed by atoms with Crippen LogP contribution in [0, 0.1) is 5.92 Å². The van der Waals surface area contributed by atoms with Crippen molar-refractivity contribution in [3.8, 4) is 0 Å². The average Bonchev–Trinajstić information content (AvgIpc) is 3.17. The predicted octanol–water partition coefficient (Wildman–Crippen LogP) is 3.14. The van der Waals surface area contributed by atoms with E-state index in [9.17, 15) is 13.2 Å². The third kappa shape index (κ3) is 3.45. The molecule has 0 N–H and O–H groups in total. The quantitative estimate of drug-likeness (QED) is 0.776. The van der Waals surface area contributed by atoms with E-state index in [1.165, 1.54) is 18.2 Å². The Kier molecular flexibility index (Phi) is 4.62. The van der Waals surface area contributed by atoms with Crippen LogP contribution in [-0.2, 0) is 9.05 Å². The molecule has 110 valence electrons. The van der Waals surface area contributed by atoms with E-state index in [0.29, 0.717) is 19.0 Å². The summed E-state index contributed by atoms with van der Waals surface area (Å²) in [5, 5.41) is 0.103. The van der Waals surface area contributed by atoms with Crippen molar-refractivity contribution >= 4 is 37.2 Å². The summed E-state index contributed by atoms with van der Waals surface area (Å²) in [5.41, 5.74) is -0.0355. The smallest absolute Gasteiger partial charge is 0.262 e. The molecule has 0 spiro atoms. The summed E-state index contributed by atoms with van der Waals surface area (Å²) >= 11 is 6.01. The molecule has 2 rings (SSSR count). The Bertz CT molecular complexity index is 627. The molecule has 0 aromatic heterocycles. The SMILES string of the molecule is CCN(CC1CC1)C(=O)c1c(Cl)cccc1S(=O)(=O)Cl. The van der Waals surface area contributed by atoms with Crippen LogP contribution in [0.1, 0.15) is 30.1 Å². The molecule has 0 radical (unpaired) electrons. The molecule has 1 fully saturated rings. The number of carbonyl (C=O) groups is 1. The largest absolute Gasteiger partial charge is 0.339 e. The first-order valence-corrected chi connectivity index (χ1v) is 9.05. The Balaban J connectivity index is 2.42. The van der Waals surface area contributed by atoms with Gasteiger partial charge in [-0.15, -0.1) is 0 Å². The van der Waals surface area contributed by atoms with Crippen LogP contribution in [0.2, 0.25) is 5.02 Å². The molecular formula is C13H15Cl2NO3S. The van der Waals surface area contributed by atoms with Crippen molar-refractivity contribution in [1.29, 1.82) is 0 Å². The average molecular weight is 336 g/mol. The van der Waals surface area contributed by atoms with Crippen molar-refractivity contribution in [1.82, 2.24) is 4.90 Å². The normalized spacial score (nSPS) is 15.2. The van der Waals surface area contributed by atoms with Crippen molar-refractivity contribution in [2.45, 2.75) is 24.7 Å². The number of halogens is 2. The van der Waals surface area contributed by atoms with Crippen LogP contribution in [0.4, 0.5) is 0 Å². The fraction of sp³-hybridized carbons (Fsp3) is 0.462. The van der Waals surface area contributed by atoms with Gasteiger partial charge in [-0.2, -0.15) is 0 Å². The van der Waals surface area contributed by atoms with E-state index in [0.717, 1.165) is 12.8 Å². The van der Waals surface area contributed by atoms with E-state index in [-0.39, 0.29) is 21.4 Å². The molecule has 0 atom stereocenters. The molecule has 7 heteroatoms. The summed E-state index contributed by atoms with van der Waals surface area (Å²) in [7, 11) is 1.37. The maximum Gasteiger partial charge on any atom is 0.262 e. The standard InChI is InChI=1S/C13H15Cl2NO3S/c1-2-16(8-9-6-7-9)13(17)12-10(14)4-3-5-11(12)20(15,18)19/h3-5,9H,2,6-8H2,1H3. The maximum atomic E-state index is 12.5. The Morgan fingerprint density at radius 1 is 1.40 bits per heavy atom. The highest BCUT2D eigenvalue weighted by Crippen LogP contribution is 2.32. The molecule has 4 nitrogen and oxygen atoms in total. The predicted molar refractivity (Wildman–Crippen MR) is 78.8 cm³/mol. The molecule has 20 heavy (non-hydrogen) atoms. The Morgan fingerprint density at radius 2 is 2.05 bits per heavy atom. The molecule has 1 aromatic rings. The maximum absolute atomic E-state index is 12.5. The minimum absolute atomic E-state index is 0.0355. The first kappa shape index (κ1) is 15.6. The van der Waals surface area contributed by atoms with Gasteiger partial charge < -0.3 is 4.90 Å². The van der Waals surface area contributed by atoms with E-state index in [1.807, 2.05) is 6.92 Å². The Morgan fingerprint density at radius 3 is 2.55 bits per heavy atom. The first-order chi connectivity index (χ1) is 9.34. The fourth-order valence-corrected chi connectivity index (χ4v) is 3.42. The lowest BCUT2D eigenvalue weighted by Crippen LogP contribution is -2.33. The lowest BCUT2D eigenvalue weighted by molar-refractivity contribution is 0.0753. The van der Waals surface area contributed by atoms with Crippen LogP contribution in [0.15, 0.2) is 23.1 Å². The number of rotatable bonds is 5. The summed E-state index contributed by atoms with van der Waals surface area (Å²) in [6.45, 7) is 2.98. The minimum atomic E-state index is -4.02. The lowest BCUT2D eigenvalue weighted by atomic mass is 10.2. The van der Waals surface area contributed by atoms with Crippen molar-refractivity contribution < 1.29 is 13.2 Å². The van der Waals surface area contributed by atoms with Crippen LogP contribution in [-0.4, -0.2) is 32.3 Å². The van der Waals surface area contributed by atoms with Crippen LogP contribution >= 0.6 is 22.3 Å². The summed E-state index contributed by atoms with van der Waals surface area (Å²) in [6.07, 6.45) is 2.21. The van der Waals surface area contributed by atoms with Gasteiger partial charge in [0.25, 0.3) is 15.0 Å². The fourth-order valence-electron chi connectivity index (χ4n) is 2.04. The molecule has 0 aliphatic heterocycles. The number of hydrogen-bond donors (Lipinski definition) is 0. The summed E-state index contributed by atoms with van der Waals surface area (Å²) in [6, 6.07) is 4.25. The van der Waals surface area contributed by atoms with E-state index in [2.05, 4.69) is 0 Å². The Hall–Kier alpha value is -0.780. The van der Waals surface area contributed by atoms with Crippen molar-refractivity contribution in [2.75, 3.05) is 13.1 Å². The van der Waals surface area contributed by atoms with Gasteiger partial charge in [-0.05, 0) is 37.8 Å². The van der Waals surface area contributed by atoms with Gasteiger partial charge in [0.15, 0.2) is 0 Å². The highest BCUT2D eigenvalue weighted by Gasteiger charge is 2.30. The van der Waals surface area contributed by atoms with Crippen molar-refractivity contribution in [3.05, 3.63) is 28.8 Å². The molecule has 0 heterocycles. The van der Waals surface area contributed by atoms with E-state index in [1.54, 1.807) is 4.90 Å². The van der Waals surface area contributed by atoms with Gasteiger partial charge in [-0.1, -0.05) is 17.7 Å². The number of amides is 1. The second kappa shape index (κ2) is 5.92. The number of hydrogen-bond acceptors (Lipinski definition) is 3. The van der Waals surface area contributed by atoms with Gasteiger partial charge in [-0.25, -0.2) is 8.42 Å². The number of benzene rings is 1.